The van der Waals surface area contributed by atoms with Crippen molar-refractivity contribution in [3.8, 4) is 0 Å². The molecule has 0 bridgehead atoms. The molecule has 0 aliphatic carbocycles. The molecule has 10 heteroatoms. The lowest BCUT2D eigenvalue weighted by Crippen LogP contribution is -2.31. The van der Waals surface area contributed by atoms with Gasteiger partial charge < -0.3 is 9.73 Å². The maximum atomic E-state index is 13.0. The van der Waals surface area contributed by atoms with Crippen molar-refractivity contribution in [1.29, 1.82) is 0 Å². The summed E-state index contributed by atoms with van der Waals surface area (Å²) in [4.78, 5) is 36.3. The van der Waals surface area contributed by atoms with Gasteiger partial charge in [0.2, 0.25) is 15.9 Å². The van der Waals surface area contributed by atoms with E-state index in [9.17, 15) is 22.8 Å². The second kappa shape index (κ2) is 9.32. The van der Waals surface area contributed by atoms with Gasteiger partial charge >= 0.3 is 5.76 Å². The van der Waals surface area contributed by atoms with Crippen molar-refractivity contribution in [3.05, 3.63) is 58.6 Å². The Labute approximate surface area is 191 Å². The Kier molecular flexibility index (Phi) is 6.48. The molecule has 1 fully saturated rings. The van der Waals surface area contributed by atoms with Gasteiger partial charge in [0.05, 0.1) is 10.4 Å². The number of rotatable bonds is 6. The summed E-state index contributed by atoms with van der Waals surface area (Å²) in [6.45, 7) is 2.09. The highest BCUT2D eigenvalue weighted by molar-refractivity contribution is 7.89. The topological polar surface area (TPSA) is 119 Å². The first-order chi connectivity index (χ1) is 15.8. The van der Waals surface area contributed by atoms with Gasteiger partial charge in [-0.15, -0.1) is 0 Å². The number of aromatic nitrogens is 1. The van der Waals surface area contributed by atoms with E-state index in [-0.39, 0.29) is 22.8 Å². The number of hydrogen-bond donors (Lipinski definition) is 1. The summed E-state index contributed by atoms with van der Waals surface area (Å²) in [5.41, 5.74) is 1.44. The molecule has 1 amide bonds. The molecular weight excluding hydrogens is 446 g/mol. The van der Waals surface area contributed by atoms with Crippen LogP contribution >= 0.6 is 0 Å². The summed E-state index contributed by atoms with van der Waals surface area (Å²) in [7, 11) is -3.70. The first-order valence-corrected chi connectivity index (χ1v) is 12.2. The monoisotopic (exact) mass is 471 g/mol. The summed E-state index contributed by atoms with van der Waals surface area (Å²) in [6, 6.07) is 10.7. The summed E-state index contributed by atoms with van der Waals surface area (Å²) in [5, 5.41) is 2.67. The number of oxazole rings is 1. The van der Waals surface area contributed by atoms with Gasteiger partial charge in [0.1, 0.15) is 6.54 Å². The molecule has 1 N–H and O–H groups in total. The van der Waals surface area contributed by atoms with Crippen LogP contribution in [0.2, 0.25) is 0 Å². The number of benzene rings is 2. The van der Waals surface area contributed by atoms with E-state index in [4.69, 9.17) is 4.42 Å². The fourth-order valence-electron chi connectivity index (χ4n) is 3.92. The molecule has 0 saturated carbocycles. The van der Waals surface area contributed by atoms with Crippen molar-refractivity contribution in [2.75, 3.05) is 18.4 Å². The van der Waals surface area contributed by atoms with Crippen molar-refractivity contribution in [2.24, 2.45) is 0 Å². The van der Waals surface area contributed by atoms with Gasteiger partial charge in [-0.3, -0.25) is 14.2 Å². The number of Topliss-reactive ketones (excluding diaryl/α,β-unsaturated/α-hetero) is 1. The number of nitrogens with one attached hydrogen (secondary N) is 1. The van der Waals surface area contributed by atoms with E-state index in [0.717, 1.165) is 30.3 Å². The molecule has 2 heterocycles. The van der Waals surface area contributed by atoms with Gasteiger partial charge in [-0.25, -0.2) is 13.2 Å². The third kappa shape index (κ3) is 4.91. The molecule has 33 heavy (non-hydrogen) atoms. The lowest BCUT2D eigenvalue weighted by molar-refractivity contribution is -0.116. The molecule has 174 valence electrons. The van der Waals surface area contributed by atoms with Crippen LogP contribution < -0.4 is 11.1 Å². The highest BCUT2D eigenvalue weighted by Gasteiger charge is 2.26. The average molecular weight is 472 g/mol. The van der Waals surface area contributed by atoms with E-state index in [1.54, 1.807) is 24.3 Å². The molecule has 4 rings (SSSR count). The van der Waals surface area contributed by atoms with Crippen LogP contribution in [0.15, 0.2) is 56.6 Å². The third-order valence-electron chi connectivity index (χ3n) is 5.72. The molecule has 0 unspecified atom stereocenters. The number of amides is 1. The third-order valence-corrected chi connectivity index (χ3v) is 7.61. The van der Waals surface area contributed by atoms with Crippen LogP contribution in [0.1, 0.15) is 43.0 Å². The Hall–Kier alpha value is -3.24. The zero-order valence-corrected chi connectivity index (χ0v) is 19.1. The predicted molar refractivity (Wildman–Crippen MR) is 123 cm³/mol. The molecule has 1 aliphatic rings. The molecule has 0 radical (unpaired) electrons. The zero-order valence-electron chi connectivity index (χ0n) is 18.2. The molecule has 1 aromatic heterocycles. The van der Waals surface area contributed by atoms with Crippen LogP contribution in [-0.4, -0.2) is 42.1 Å². The number of nitrogens with zero attached hydrogens (tertiary/aromatic N) is 2. The molecule has 2 aromatic carbocycles. The lowest BCUT2D eigenvalue weighted by atomic mass is 10.1. The fourth-order valence-corrected chi connectivity index (χ4v) is 5.45. The van der Waals surface area contributed by atoms with Crippen molar-refractivity contribution in [1.82, 2.24) is 8.87 Å². The van der Waals surface area contributed by atoms with Crippen molar-refractivity contribution in [2.45, 2.75) is 44.0 Å². The number of anilines is 1. The second-order valence-corrected chi connectivity index (χ2v) is 10.0. The van der Waals surface area contributed by atoms with Gasteiger partial charge in [0.25, 0.3) is 0 Å². The molecule has 1 saturated heterocycles. The van der Waals surface area contributed by atoms with Crippen molar-refractivity contribution < 1.29 is 22.4 Å². The van der Waals surface area contributed by atoms with Crippen LogP contribution in [0.25, 0.3) is 11.1 Å². The highest BCUT2D eigenvalue weighted by Crippen LogP contribution is 2.24. The summed E-state index contributed by atoms with van der Waals surface area (Å²) in [5.74, 6) is -1.30. The minimum atomic E-state index is -3.70. The van der Waals surface area contributed by atoms with Crippen molar-refractivity contribution in [3.63, 3.8) is 0 Å². The smallest absolute Gasteiger partial charge is 0.408 e. The SMILES string of the molecule is CC(=O)c1ccc(NC(=O)Cn2c(=O)oc3cc(S(=O)(=O)N4CCCCCC4)ccc32)cc1. The van der Waals surface area contributed by atoms with E-state index < -0.39 is 21.7 Å². The fraction of sp³-hybridized carbons (Fsp3) is 0.348. The number of carbonyl (C=O) groups excluding carboxylic acids is 2. The molecule has 9 nitrogen and oxygen atoms in total. The van der Waals surface area contributed by atoms with Crippen LogP contribution in [-0.2, 0) is 21.4 Å². The lowest BCUT2D eigenvalue weighted by Gasteiger charge is -2.19. The van der Waals surface area contributed by atoms with Crippen LogP contribution in [0, 0.1) is 0 Å². The van der Waals surface area contributed by atoms with Gasteiger partial charge in [-0.1, -0.05) is 12.8 Å². The molecule has 3 aromatic rings. The number of sulfonamides is 1. The minimum absolute atomic E-state index is 0.0628. The Bertz CT molecular complexity index is 1350. The minimum Gasteiger partial charge on any atom is -0.408 e. The van der Waals surface area contributed by atoms with Crippen LogP contribution in [0.3, 0.4) is 0 Å². The Morgan fingerprint density at radius 3 is 2.30 bits per heavy atom. The summed E-state index contributed by atoms with van der Waals surface area (Å²) < 4.78 is 33.9. The van der Waals surface area contributed by atoms with E-state index in [1.807, 2.05) is 0 Å². The first kappa shape index (κ1) is 22.9. The number of carbonyl (C=O) groups is 2. The van der Waals surface area contributed by atoms with Crippen LogP contribution in [0.4, 0.5) is 5.69 Å². The van der Waals surface area contributed by atoms with E-state index >= 15 is 0 Å². The van der Waals surface area contributed by atoms with Gasteiger partial charge in [-0.05, 0) is 56.2 Å². The largest absolute Gasteiger partial charge is 0.420 e. The molecule has 0 atom stereocenters. The first-order valence-electron chi connectivity index (χ1n) is 10.8. The normalized spacial score (nSPS) is 15.3. The van der Waals surface area contributed by atoms with E-state index in [2.05, 4.69) is 5.32 Å². The summed E-state index contributed by atoms with van der Waals surface area (Å²) >= 11 is 0. The maximum absolute atomic E-state index is 13.0. The highest BCUT2D eigenvalue weighted by atomic mass is 32.2. The predicted octanol–water partition coefficient (Wildman–Crippen LogP) is 3.00. The Morgan fingerprint density at radius 2 is 1.67 bits per heavy atom. The quantitative estimate of drug-likeness (QED) is 0.552. The van der Waals surface area contributed by atoms with Crippen LogP contribution in [0.5, 0.6) is 0 Å². The van der Waals surface area contributed by atoms with Gasteiger partial charge in [0, 0.05) is 30.4 Å². The van der Waals surface area contributed by atoms with E-state index in [0.29, 0.717) is 29.9 Å². The number of ketones is 1. The average Bonchev–Trinajstić information content (AvgIpc) is 2.96. The standard InChI is InChI=1S/C23H25N3O6S/c1-16(27)17-6-8-18(9-7-17)24-22(28)15-26-20-11-10-19(14-21(20)32-23(26)29)33(30,31)25-12-4-2-3-5-13-25/h6-11,14H,2-5,12-13,15H2,1H3,(H,24,28). The Morgan fingerprint density at radius 1 is 1.00 bits per heavy atom. The Balaban J connectivity index is 1.54. The molecule has 0 spiro atoms. The van der Waals surface area contributed by atoms with Gasteiger partial charge in [0.15, 0.2) is 11.4 Å². The number of fused-ring (bicyclic) bond motifs is 1. The number of hydrogen-bond acceptors (Lipinski definition) is 6. The van der Waals surface area contributed by atoms with E-state index in [1.165, 1.54) is 29.4 Å². The maximum Gasteiger partial charge on any atom is 0.420 e. The molecule has 1 aliphatic heterocycles. The zero-order chi connectivity index (χ0) is 23.6. The van der Waals surface area contributed by atoms with Gasteiger partial charge in [-0.2, -0.15) is 4.31 Å². The van der Waals surface area contributed by atoms with Crippen molar-refractivity contribution >= 4 is 38.5 Å². The second-order valence-electron chi connectivity index (χ2n) is 8.08. The summed E-state index contributed by atoms with van der Waals surface area (Å²) in [6.07, 6.45) is 3.65. The molecular formula is C23H25N3O6S.